The van der Waals surface area contributed by atoms with Crippen LogP contribution in [0.25, 0.3) is 0 Å². The third-order valence-electron chi connectivity index (χ3n) is 2.33. The van der Waals surface area contributed by atoms with Crippen LogP contribution in [0.1, 0.15) is 25.3 Å². The van der Waals surface area contributed by atoms with Crippen molar-refractivity contribution in [3.05, 3.63) is 33.3 Å². The molecule has 1 aromatic carbocycles. The largest absolute Gasteiger partial charge is 0.300 e. The van der Waals surface area contributed by atoms with E-state index in [2.05, 4.69) is 34.1 Å². The first kappa shape index (κ1) is 13.6. The van der Waals surface area contributed by atoms with Gasteiger partial charge in [-0.05, 0) is 24.1 Å². The Kier molecular flexibility index (Phi) is 5.90. The SMILES string of the molecule is C#CC(CCC)NCc1ccc(Cl)cc1Br. The summed E-state index contributed by atoms with van der Waals surface area (Å²) in [6, 6.07) is 5.92. The molecule has 86 valence electrons. The first-order chi connectivity index (χ1) is 7.67. The Labute approximate surface area is 111 Å². The van der Waals surface area contributed by atoms with Crippen LogP contribution in [-0.4, -0.2) is 6.04 Å². The van der Waals surface area contributed by atoms with Crippen molar-refractivity contribution >= 4 is 27.5 Å². The van der Waals surface area contributed by atoms with E-state index in [1.54, 1.807) is 0 Å². The maximum absolute atomic E-state index is 5.87. The molecule has 1 N–H and O–H groups in total. The predicted octanol–water partition coefficient (Wildman–Crippen LogP) is 3.99. The van der Waals surface area contributed by atoms with Gasteiger partial charge in [0.15, 0.2) is 0 Å². The molecule has 0 aliphatic carbocycles. The third kappa shape index (κ3) is 4.17. The van der Waals surface area contributed by atoms with Crippen LogP contribution in [-0.2, 0) is 6.54 Å². The van der Waals surface area contributed by atoms with Crippen molar-refractivity contribution in [1.29, 1.82) is 0 Å². The highest BCUT2D eigenvalue weighted by Gasteiger charge is 2.05. The molecule has 1 nitrogen and oxygen atoms in total. The van der Waals surface area contributed by atoms with Crippen LogP contribution >= 0.6 is 27.5 Å². The fourth-order valence-electron chi connectivity index (χ4n) is 1.43. The molecule has 0 aliphatic rings. The summed E-state index contributed by atoms with van der Waals surface area (Å²) in [4.78, 5) is 0. The van der Waals surface area contributed by atoms with Gasteiger partial charge in [-0.2, -0.15) is 0 Å². The van der Waals surface area contributed by atoms with Crippen molar-refractivity contribution < 1.29 is 0 Å². The Morgan fingerprint density at radius 3 is 2.88 bits per heavy atom. The van der Waals surface area contributed by atoms with E-state index in [1.165, 1.54) is 5.56 Å². The van der Waals surface area contributed by atoms with E-state index in [4.69, 9.17) is 18.0 Å². The van der Waals surface area contributed by atoms with E-state index in [0.29, 0.717) is 0 Å². The van der Waals surface area contributed by atoms with Crippen LogP contribution in [0.15, 0.2) is 22.7 Å². The molecule has 0 saturated carbocycles. The summed E-state index contributed by atoms with van der Waals surface area (Å²) in [6.45, 7) is 2.89. The van der Waals surface area contributed by atoms with Crippen molar-refractivity contribution in [2.24, 2.45) is 0 Å². The van der Waals surface area contributed by atoms with Crippen molar-refractivity contribution in [3.63, 3.8) is 0 Å². The van der Waals surface area contributed by atoms with Crippen LogP contribution in [0, 0.1) is 12.3 Å². The van der Waals surface area contributed by atoms with Gasteiger partial charge in [-0.25, -0.2) is 0 Å². The molecule has 16 heavy (non-hydrogen) atoms. The lowest BCUT2D eigenvalue weighted by molar-refractivity contribution is 0.562. The molecule has 0 fully saturated rings. The van der Waals surface area contributed by atoms with Crippen molar-refractivity contribution in [2.75, 3.05) is 0 Å². The van der Waals surface area contributed by atoms with E-state index in [0.717, 1.165) is 28.9 Å². The number of nitrogens with one attached hydrogen (secondary N) is 1. The number of hydrogen-bond acceptors (Lipinski definition) is 1. The standard InChI is InChI=1S/C13H15BrClN/c1-3-5-12(4-2)16-9-10-6-7-11(15)8-13(10)14/h2,6-8,12,16H,3,5,9H2,1H3. The van der Waals surface area contributed by atoms with Crippen molar-refractivity contribution in [3.8, 4) is 12.3 Å². The highest BCUT2D eigenvalue weighted by molar-refractivity contribution is 9.10. The fourth-order valence-corrected chi connectivity index (χ4v) is 2.25. The number of benzene rings is 1. The summed E-state index contributed by atoms with van der Waals surface area (Å²) < 4.78 is 1.01. The van der Waals surface area contributed by atoms with Gasteiger partial charge in [0.2, 0.25) is 0 Å². The number of hydrogen-bond donors (Lipinski definition) is 1. The summed E-state index contributed by atoms with van der Waals surface area (Å²) in [5.74, 6) is 2.75. The molecule has 1 rings (SSSR count). The fraction of sp³-hybridized carbons (Fsp3) is 0.385. The Bertz CT molecular complexity index is 384. The third-order valence-corrected chi connectivity index (χ3v) is 3.31. The summed E-state index contributed by atoms with van der Waals surface area (Å²) in [7, 11) is 0. The summed E-state index contributed by atoms with van der Waals surface area (Å²) in [5.41, 5.74) is 1.17. The molecule has 3 heteroatoms. The molecule has 0 aromatic heterocycles. The molecule has 0 bridgehead atoms. The molecular weight excluding hydrogens is 286 g/mol. The lowest BCUT2D eigenvalue weighted by Crippen LogP contribution is -2.26. The maximum Gasteiger partial charge on any atom is 0.0689 e. The molecule has 0 amide bonds. The van der Waals surface area contributed by atoms with Crippen LogP contribution < -0.4 is 5.32 Å². The predicted molar refractivity (Wildman–Crippen MR) is 73.5 cm³/mol. The molecule has 0 spiro atoms. The Balaban J connectivity index is 2.57. The molecule has 1 unspecified atom stereocenters. The zero-order valence-electron chi connectivity index (χ0n) is 9.26. The minimum atomic E-state index is 0.146. The van der Waals surface area contributed by atoms with Gasteiger partial charge in [0.1, 0.15) is 0 Å². The van der Waals surface area contributed by atoms with Gasteiger partial charge in [-0.15, -0.1) is 6.42 Å². The summed E-state index contributed by atoms with van der Waals surface area (Å²) >= 11 is 9.36. The quantitative estimate of drug-likeness (QED) is 0.811. The number of halogens is 2. The van der Waals surface area contributed by atoms with Gasteiger partial charge in [0, 0.05) is 16.0 Å². The smallest absolute Gasteiger partial charge is 0.0689 e. The van der Waals surface area contributed by atoms with Gasteiger partial charge >= 0.3 is 0 Å². The van der Waals surface area contributed by atoms with Gasteiger partial charge in [0.25, 0.3) is 0 Å². The van der Waals surface area contributed by atoms with E-state index in [9.17, 15) is 0 Å². The first-order valence-electron chi connectivity index (χ1n) is 5.30. The Hall–Kier alpha value is -0.490. The van der Waals surface area contributed by atoms with E-state index in [-0.39, 0.29) is 6.04 Å². The zero-order chi connectivity index (χ0) is 12.0. The molecule has 0 heterocycles. The van der Waals surface area contributed by atoms with Gasteiger partial charge in [-0.1, -0.05) is 52.9 Å². The number of terminal acetylenes is 1. The first-order valence-corrected chi connectivity index (χ1v) is 6.48. The van der Waals surface area contributed by atoms with Gasteiger partial charge < -0.3 is 0 Å². The second-order valence-electron chi connectivity index (χ2n) is 3.62. The van der Waals surface area contributed by atoms with E-state index >= 15 is 0 Å². The van der Waals surface area contributed by atoms with Gasteiger partial charge in [0.05, 0.1) is 6.04 Å². The van der Waals surface area contributed by atoms with E-state index in [1.807, 2.05) is 18.2 Å². The average molecular weight is 301 g/mol. The summed E-state index contributed by atoms with van der Waals surface area (Å²) in [5, 5.41) is 4.07. The molecule has 1 aromatic rings. The molecule has 0 saturated heterocycles. The number of rotatable bonds is 5. The lowest BCUT2D eigenvalue weighted by atomic mass is 10.1. The van der Waals surface area contributed by atoms with Gasteiger partial charge in [-0.3, -0.25) is 5.32 Å². The molecule has 0 radical (unpaired) electrons. The monoisotopic (exact) mass is 299 g/mol. The Morgan fingerprint density at radius 2 is 2.31 bits per heavy atom. The van der Waals surface area contributed by atoms with Crippen LogP contribution in [0.4, 0.5) is 0 Å². The topological polar surface area (TPSA) is 12.0 Å². The molecular formula is C13H15BrClN. The van der Waals surface area contributed by atoms with Crippen molar-refractivity contribution in [2.45, 2.75) is 32.4 Å². The zero-order valence-corrected chi connectivity index (χ0v) is 11.6. The minimum Gasteiger partial charge on any atom is -0.300 e. The molecule has 1 atom stereocenters. The second-order valence-corrected chi connectivity index (χ2v) is 4.92. The average Bonchev–Trinajstić information content (AvgIpc) is 2.26. The Morgan fingerprint density at radius 1 is 1.56 bits per heavy atom. The minimum absolute atomic E-state index is 0.146. The molecule has 0 aliphatic heterocycles. The second kappa shape index (κ2) is 6.96. The normalized spacial score (nSPS) is 12.1. The maximum atomic E-state index is 5.87. The summed E-state index contributed by atoms with van der Waals surface area (Å²) in [6.07, 6.45) is 7.53. The van der Waals surface area contributed by atoms with E-state index < -0.39 is 0 Å². The van der Waals surface area contributed by atoms with Crippen LogP contribution in [0.5, 0.6) is 0 Å². The van der Waals surface area contributed by atoms with Crippen molar-refractivity contribution in [1.82, 2.24) is 5.32 Å². The van der Waals surface area contributed by atoms with Crippen LogP contribution in [0.3, 0.4) is 0 Å². The highest BCUT2D eigenvalue weighted by Crippen LogP contribution is 2.21. The van der Waals surface area contributed by atoms with Crippen LogP contribution in [0.2, 0.25) is 5.02 Å². The highest BCUT2D eigenvalue weighted by atomic mass is 79.9. The lowest BCUT2D eigenvalue weighted by Gasteiger charge is -2.12.